The molecule has 2 aromatic rings. The third-order valence-electron chi connectivity index (χ3n) is 3.38. The highest BCUT2D eigenvalue weighted by molar-refractivity contribution is 5.87. The first-order chi connectivity index (χ1) is 9.90. The van der Waals surface area contributed by atoms with Crippen molar-refractivity contribution in [2.24, 2.45) is 0 Å². The van der Waals surface area contributed by atoms with Crippen LogP contribution in [-0.4, -0.2) is 18.1 Å². The largest absolute Gasteiger partial charge is 0.464 e. The van der Waals surface area contributed by atoms with Gasteiger partial charge in [-0.25, -0.2) is 9.78 Å². The standard InChI is InChI=1S/C18H21NO2/c1-18(2,3)14-8-5-7-13(11-14)12-15-9-6-10-16(19-15)17(20)21-4/h5-11H,12H2,1-4H3. The lowest BCUT2D eigenvalue weighted by atomic mass is 9.86. The highest BCUT2D eigenvalue weighted by Crippen LogP contribution is 2.23. The van der Waals surface area contributed by atoms with Crippen molar-refractivity contribution in [2.75, 3.05) is 7.11 Å². The Bertz CT molecular complexity index is 642. The lowest BCUT2D eigenvalue weighted by molar-refractivity contribution is 0.0593. The molecule has 0 spiro atoms. The molecule has 0 saturated carbocycles. The van der Waals surface area contributed by atoms with Gasteiger partial charge in [0.1, 0.15) is 5.69 Å². The number of esters is 1. The number of carbonyl (C=O) groups excluding carboxylic acids is 1. The molecule has 0 atom stereocenters. The van der Waals surface area contributed by atoms with E-state index >= 15 is 0 Å². The topological polar surface area (TPSA) is 39.2 Å². The van der Waals surface area contributed by atoms with Gasteiger partial charge in [0.25, 0.3) is 0 Å². The summed E-state index contributed by atoms with van der Waals surface area (Å²) in [6.07, 6.45) is 0.703. The molecule has 110 valence electrons. The van der Waals surface area contributed by atoms with Crippen LogP contribution in [0.5, 0.6) is 0 Å². The molecule has 2 rings (SSSR count). The summed E-state index contributed by atoms with van der Waals surface area (Å²) in [4.78, 5) is 15.9. The molecule has 1 aromatic carbocycles. The monoisotopic (exact) mass is 283 g/mol. The molecular formula is C18H21NO2. The van der Waals surface area contributed by atoms with Crippen LogP contribution in [0.15, 0.2) is 42.5 Å². The molecule has 1 heterocycles. The van der Waals surface area contributed by atoms with Crippen LogP contribution in [0.4, 0.5) is 0 Å². The van der Waals surface area contributed by atoms with Crippen molar-refractivity contribution in [1.29, 1.82) is 0 Å². The Labute approximate surface area is 126 Å². The Morgan fingerprint density at radius 1 is 1.14 bits per heavy atom. The fourth-order valence-electron chi connectivity index (χ4n) is 2.15. The molecule has 0 fully saturated rings. The van der Waals surface area contributed by atoms with Crippen LogP contribution >= 0.6 is 0 Å². The second kappa shape index (κ2) is 6.08. The van der Waals surface area contributed by atoms with E-state index in [1.54, 1.807) is 6.07 Å². The first-order valence-electron chi connectivity index (χ1n) is 7.04. The Morgan fingerprint density at radius 2 is 1.86 bits per heavy atom. The fraction of sp³-hybridized carbons (Fsp3) is 0.333. The van der Waals surface area contributed by atoms with Crippen LogP contribution in [0.1, 0.15) is 48.1 Å². The van der Waals surface area contributed by atoms with Crippen LogP contribution < -0.4 is 0 Å². The number of rotatable bonds is 3. The number of benzene rings is 1. The number of hydrogen-bond acceptors (Lipinski definition) is 3. The SMILES string of the molecule is COC(=O)c1cccc(Cc2cccc(C(C)(C)C)c2)n1. The van der Waals surface area contributed by atoms with Gasteiger partial charge in [-0.1, -0.05) is 51.1 Å². The van der Waals surface area contributed by atoms with Gasteiger partial charge in [-0.2, -0.15) is 0 Å². The van der Waals surface area contributed by atoms with Gasteiger partial charge in [-0.3, -0.25) is 0 Å². The molecule has 0 aliphatic carbocycles. The van der Waals surface area contributed by atoms with Crippen molar-refractivity contribution in [3.63, 3.8) is 0 Å². The molecule has 0 saturated heterocycles. The number of aromatic nitrogens is 1. The summed E-state index contributed by atoms with van der Waals surface area (Å²) in [5.74, 6) is -0.403. The maximum absolute atomic E-state index is 11.5. The molecule has 0 aliphatic rings. The smallest absolute Gasteiger partial charge is 0.356 e. The molecule has 0 aliphatic heterocycles. The Morgan fingerprint density at radius 3 is 2.52 bits per heavy atom. The average Bonchev–Trinajstić information content (AvgIpc) is 2.46. The maximum atomic E-state index is 11.5. The van der Waals surface area contributed by atoms with E-state index in [4.69, 9.17) is 4.74 Å². The highest BCUT2D eigenvalue weighted by Gasteiger charge is 2.14. The molecule has 1 aromatic heterocycles. The number of carbonyl (C=O) groups is 1. The number of hydrogen-bond donors (Lipinski definition) is 0. The summed E-state index contributed by atoms with van der Waals surface area (Å²) in [7, 11) is 1.36. The zero-order valence-electron chi connectivity index (χ0n) is 13.0. The number of ether oxygens (including phenoxy) is 1. The van der Waals surface area contributed by atoms with E-state index < -0.39 is 5.97 Å². The van der Waals surface area contributed by atoms with Gasteiger partial charge < -0.3 is 4.74 Å². The number of nitrogens with zero attached hydrogens (tertiary/aromatic N) is 1. The number of methoxy groups -OCH3 is 1. The average molecular weight is 283 g/mol. The first kappa shape index (κ1) is 15.2. The zero-order chi connectivity index (χ0) is 15.5. The summed E-state index contributed by atoms with van der Waals surface area (Å²) < 4.78 is 4.70. The van der Waals surface area contributed by atoms with Crippen LogP contribution in [0, 0.1) is 0 Å². The van der Waals surface area contributed by atoms with Gasteiger partial charge in [-0.05, 0) is 28.7 Å². The van der Waals surface area contributed by atoms with Gasteiger partial charge >= 0.3 is 5.97 Å². The summed E-state index contributed by atoms with van der Waals surface area (Å²) in [6.45, 7) is 6.59. The minimum absolute atomic E-state index is 0.122. The zero-order valence-corrected chi connectivity index (χ0v) is 13.0. The fourth-order valence-corrected chi connectivity index (χ4v) is 2.15. The predicted molar refractivity (Wildman–Crippen MR) is 83.5 cm³/mol. The van der Waals surface area contributed by atoms with Crippen molar-refractivity contribution < 1.29 is 9.53 Å². The van der Waals surface area contributed by atoms with E-state index in [1.165, 1.54) is 18.2 Å². The molecule has 0 radical (unpaired) electrons. The Hall–Kier alpha value is -2.16. The van der Waals surface area contributed by atoms with Crippen molar-refractivity contribution in [3.8, 4) is 0 Å². The van der Waals surface area contributed by atoms with E-state index in [0.29, 0.717) is 12.1 Å². The van der Waals surface area contributed by atoms with E-state index in [2.05, 4.69) is 50.0 Å². The van der Waals surface area contributed by atoms with Crippen molar-refractivity contribution >= 4 is 5.97 Å². The molecular weight excluding hydrogens is 262 g/mol. The molecule has 3 heteroatoms. The predicted octanol–water partition coefficient (Wildman–Crippen LogP) is 3.76. The van der Waals surface area contributed by atoms with E-state index in [1.807, 2.05) is 12.1 Å². The van der Waals surface area contributed by atoms with Gasteiger partial charge in [-0.15, -0.1) is 0 Å². The van der Waals surface area contributed by atoms with Crippen LogP contribution in [0.3, 0.4) is 0 Å². The third kappa shape index (κ3) is 3.91. The third-order valence-corrected chi connectivity index (χ3v) is 3.38. The van der Waals surface area contributed by atoms with Crippen molar-refractivity contribution in [1.82, 2.24) is 4.98 Å². The van der Waals surface area contributed by atoms with Crippen LogP contribution in [-0.2, 0) is 16.6 Å². The normalized spacial score (nSPS) is 11.2. The van der Waals surface area contributed by atoms with Gasteiger partial charge in [0.2, 0.25) is 0 Å². The molecule has 0 bridgehead atoms. The lowest BCUT2D eigenvalue weighted by Gasteiger charge is -2.19. The van der Waals surface area contributed by atoms with Crippen molar-refractivity contribution in [2.45, 2.75) is 32.6 Å². The summed E-state index contributed by atoms with van der Waals surface area (Å²) in [6, 6.07) is 13.9. The van der Waals surface area contributed by atoms with Gasteiger partial charge in [0.05, 0.1) is 7.11 Å². The highest BCUT2D eigenvalue weighted by atomic mass is 16.5. The molecule has 0 amide bonds. The molecule has 0 N–H and O–H groups in total. The maximum Gasteiger partial charge on any atom is 0.356 e. The van der Waals surface area contributed by atoms with E-state index in [-0.39, 0.29) is 5.41 Å². The van der Waals surface area contributed by atoms with Crippen LogP contribution in [0.2, 0.25) is 0 Å². The molecule has 3 nitrogen and oxygen atoms in total. The second-order valence-electron chi connectivity index (χ2n) is 6.13. The molecule has 0 unspecified atom stereocenters. The quantitative estimate of drug-likeness (QED) is 0.805. The van der Waals surface area contributed by atoms with Gasteiger partial charge in [0.15, 0.2) is 0 Å². The minimum atomic E-state index is -0.403. The Balaban J connectivity index is 2.24. The van der Waals surface area contributed by atoms with E-state index in [0.717, 1.165) is 5.69 Å². The summed E-state index contributed by atoms with van der Waals surface area (Å²) in [5, 5.41) is 0. The lowest BCUT2D eigenvalue weighted by Crippen LogP contribution is -2.11. The van der Waals surface area contributed by atoms with E-state index in [9.17, 15) is 4.79 Å². The second-order valence-corrected chi connectivity index (χ2v) is 6.13. The number of pyridine rings is 1. The van der Waals surface area contributed by atoms with Crippen LogP contribution in [0.25, 0.3) is 0 Å². The summed E-state index contributed by atoms with van der Waals surface area (Å²) >= 11 is 0. The van der Waals surface area contributed by atoms with Crippen molar-refractivity contribution in [3.05, 3.63) is 65.0 Å². The first-order valence-corrected chi connectivity index (χ1v) is 7.04. The Kier molecular flexibility index (Phi) is 4.41. The molecule has 21 heavy (non-hydrogen) atoms. The minimum Gasteiger partial charge on any atom is -0.464 e. The van der Waals surface area contributed by atoms with Gasteiger partial charge in [0, 0.05) is 12.1 Å². The summed E-state index contributed by atoms with van der Waals surface area (Å²) in [5.41, 5.74) is 3.82.